The smallest absolute Gasteiger partial charge is 0.108 e. The molecule has 0 aromatic carbocycles. The van der Waals surface area contributed by atoms with Gasteiger partial charge in [-0.3, -0.25) is 5.32 Å². The molecule has 0 aromatic rings. The van der Waals surface area contributed by atoms with Gasteiger partial charge in [0.05, 0.1) is 0 Å². The van der Waals surface area contributed by atoms with Crippen molar-refractivity contribution < 1.29 is 4.74 Å². The van der Waals surface area contributed by atoms with E-state index in [-0.39, 0.29) is 9.52 Å². The first kappa shape index (κ1) is 24.2. The van der Waals surface area contributed by atoms with Gasteiger partial charge in [-0.2, -0.15) is 0 Å². The van der Waals surface area contributed by atoms with Gasteiger partial charge in [0.15, 0.2) is 0 Å². The highest BCUT2D eigenvalue weighted by molar-refractivity contribution is 6.35. The Morgan fingerprint density at radius 1 is 0.692 bits per heavy atom. The molecule has 1 heterocycles. The molecule has 1 rings (SSSR count). The number of hydrogen-bond donors (Lipinski definition) is 1. The molecule has 156 valence electrons. The first-order valence-electron chi connectivity index (χ1n) is 12.3. The van der Waals surface area contributed by atoms with Crippen molar-refractivity contribution >= 4 is 9.52 Å². The summed E-state index contributed by atoms with van der Waals surface area (Å²) in [4.78, 5) is 0. The first-order chi connectivity index (χ1) is 12.9. The van der Waals surface area contributed by atoms with Gasteiger partial charge in [0.25, 0.3) is 0 Å². The molecule has 0 saturated carbocycles. The molecule has 0 spiro atoms. The van der Waals surface area contributed by atoms with Crippen LogP contribution in [0.4, 0.5) is 0 Å². The van der Waals surface area contributed by atoms with E-state index in [9.17, 15) is 0 Å². The zero-order valence-corrected chi connectivity index (χ0v) is 19.5. The Hall–Kier alpha value is 0.137. The van der Waals surface area contributed by atoms with E-state index in [1.807, 2.05) is 0 Å². The number of unbranched alkanes of at least 4 members (excludes halogenated alkanes) is 15. The molecule has 1 saturated heterocycles. The number of ether oxygens (including phenoxy) is 1. The minimum absolute atomic E-state index is 0.193. The van der Waals surface area contributed by atoms with Crippen LogP contribution in [0.2, 0.25) is 12.1 Å². The molecule has 0 aliphatic carbocycles. The molecule has 2 nitrogen and oxygen atoms in total. The lowest BCUT2D eigenvalue weighted by molar-refractivity contribution is 0.0298. The van der Waals surface area contributed by atoms with Gasteiger partial charge in [-0.15, -0.1) is 0 Å². The third-order valence-electron chi connectivity index (χ3n) is 5.83. The second kappa shape index (κ2) is 19.9. The second-order valence-corrected chi connectivity index (χ2v) is 10.6. The van der Waals surface area contributed by atoms with Crippen molar-refractivity contribution in [3.05, 3.63) is 0 Å². The Balaban J connectivity index is 1.71. The monoisotopic (exact) mass is 383 g/mol. The Morgan fingerprint density at radius 2 is 1.19 bits per heavy atom. The molecular formula is C23H49NOSi. The van der Waals surface area contributed by atoms with Crippen LogP contribution in [0.25, 0.3) is 0 Å². The van der Waals surface area contributed by atoms with E-state index in [2.05, 4.69) is 12.2 Å². The topological polar surface area (TPSA) is 21.3 Å². The highest BCUT2D eigenvalue weighted by Gasteiger charge is 2.09. The fourth-order valence-electron chi connectivity index (χ4n) is 4.01. The van der Waals surface area contributed by atoms with Crippen molar-refractivity contribution in [3.63, 3.8) is 0 Å². The zero-order valence-electron chi connectivity index (χ0n) is 18.0. The fourth-order valence-corrected chi connectivity index (χ4v) is 5.19. The lowest BCUT2D eigenvalue weighted by Crippen LogP contribution is -2.35. The van der Waals surface area contributed by atoms with Crippen molar-refractivity contribution in [2.24, 2.45) is 0 Å². The molecule has 26 heavy (non-hydrogen) atoms. The van der Waals surface area contributed by atoms with E-state index in [1.54, 1.807) is 0 Å². The minimum Gasteiger partial charge on any atom is -0.364 e. The average Bonchev–Trinajstić information content (AvgIpc) is 2.62. The molecule has 0 aromatic heterocycles. The van der Waals surface area contributed by atoms with Crippen molar-refractivity contribution in [2.75, 3.05) is 13.2 Å². The summed E-state index contributed by atoms with van der Waals surface area (Å²) in [6.07, 6.45) is 24.7. The number of hydrogen-bond acceptors (Lipinski definition) is 2. The second-order valence-electron chi connectivity index (χ2n) is 8.47. The van der Waals surface area contributed by atoms with Crippen LogP contribution in [0.3, 0.4) is 0 Å². The van der Waals surface area contributed by atoms with E-state index in [4.69, 9.17) is 4.74 Å². The lowest BCUT2D eigenvalue weighted by atomic mass is 10.0. The van der Waals surface area contributed by atoms with Crippen LogP contribution >= 0.6 is 0 Å². The maximum atomic E-state index is 5.93. The molecule has 0 amide bonds. The first-order valence-corrected chi connectivity index (χ1v) is 14.3. The highest BCUT2D eigenvalue weighted by atomic mass is 28.2. The minimum atomic E-state index is 0.193. The Morgan fingerprint density at radius 3 is 1.73 bits per heavy atom. The summed E-state index contributed by atoms with van der Waals surface area (Å²) >= 11 is 0. The SMILES string of the molecule is CCCCCCCCCCCCCCCCCCC1NCC[SiH2]CCO1. The standard InChI is InChI=1S/C23H49NOSi/c1-2-3-4-5-6-7-8-9-10-11-12-13-14-15-16-17-18-23-24-19-21-26-22-20-25-23/h23-24H,2-22,26H2,1H3. The molecule has 1 N–H and O–H groups in total. The summed E-state index contributed by atoms with van der Waals surface area (Å²) in [6.45, 7) is 4.52. The predicted octanol–water partition coefficient (Wildman–Crippen LogP) is 6.59. The molecule has 0 bridgehead atoms. The summed E-state index contributed by atoms with van der Waals surface area (Å²) in [5, 5.41) is 3.59. The largest absolute Gasteiger partial charge is 0.364 e. The van der Waals surface area contributed by atoms with E-state index in [0.29, 0.717) is 6.23 Å². The van der Waals surface area contributed by atoms with Gasteiger partial charge < -0.3 is 4.74 Å². The van der Waals surface area contributed by atoms with Crippen molar-refractivity contribution in [1.82, 2.24) is 5.32 Å². The van der Waals surface area contributed by atoms with Crippen LogP contribution in [0.15, 0.2) is 0 Å². The maximum absolute atomic E-state index is 5.93. The molecule has 0 radical (unpaired) electrons. The quantitative estimate of drug-likeness (QED) is 0.226. The van der Waals surface area contributed by atoms with Crippen molar-refractivity contribution in [3.8, 4) is 0 Å². The molecule has 1 atom stereocenters. The molecular weight excluding hydrogens is 334 g/mol. The number of nitrogens with one attached hydrogen (secondary N) is 1. The Labute approximate surface area is 167 Å². The van der Waals surface area contributed by atoms with Gasteiger partial charge >= 0.3 is 0 Å². The summed E-state index contributed by atoms with van der Waals surface area (Å²) in [7, 11) is 0.193. The van der Waals surface area contributed by atoms with Gasteiger partial charge in [-0.05, 0) is 25.4 Å². The van der Waals surface area contributed by atoms with Crippen LogP contribution in [0, 0.1) is 0 Å². The van der Waals surface area contributed by atoms with Gasteiger partial charge in [0.2, 0.25) is 0 Å². The van der Waals surface area contributed by atoms with E-state index >= 15 is 0 Å². The van der Waals surface area contributed by atoms with E-state index < -0.39 is 0 Å². The molecule has 1 fully saturated rings. The van der Waals surface area contributed by atoms with Crippen molar-refractivity contribution in [2.45, 2.75) is 134 Å². The highest BCUT2D eigenvalue weighted by Crippen LogP contribution is 2.14. The number of rotatable bonds is 17. The molecule has 1 aliphatic rings. The summed E-state index contributed by atoms with van der Waals surface area (Å²) in [6, 6.07) is 2.84. The van der Waals surface area contributed by atoms with E-state index in [1.165, 1.54) is 128 Å². The average molecular weight is 384 g/mol. The van der Waals surface area contributed by atoms with Gasteiger partial charge in [-0.1, -0.05) is 109 Å². The van der Waals surface area contributed by atoms with Crippen LogP contribution in [0.5, 0.6) is 0 Å². The molecule has 1 unspecified atom stereocenters. The van der Waals surface area contributed by atoms with Crippen LogP contribution < -0.4 is 5.32 Å². The van der Waals surface area contributed by atoms with Crippen LogP contribution in [-0.2, 0) is 4.74 Å². The third-order valence-corrected chi connectivity index (χ3v) is 7.47. The fraction of sp³-hybridized carbons (Fsp3) is 1.00. The predicted molar refractivity (Wildman–Crippen MR) is 120 cm³/mol. The van der Waals surface area contributed by atoms with Gasteiger partial charge in [-0.25, -0.2) is 0 Å². The third kappa shape index (κ3) is 16.3. The normalized spacial score (nSPS) is 19.5. The summed E-state index contributed by atoms with van der Waals surface area (Å²) in [5.41, 5.74) is 0. The van der Waals surface area contributed by atoms with Gasteiger partial charge in [0, 0.05) is 16.1 Å². The van der Waals surface area contributed by atoms with Crippen molar-refractivity contribution in [1.29, 1.82) is 0 Å². The molecule has 3 heteroatoms. The molecule has 1 aliphatic heterocycles. The summed E-state index contributed by atoms with van der Waals surface area (Å²) in [5.74, 6) is 0. The summed E-state index contributed by atoms with van der Waals surface area (Å²) < 4.78 is 5.93. The Kier molecular flexibility index (Phi) is 18.5. The van der Waals surface area contributed by atoms with Gasteiger partial charge in [0.1, 0.15) is 6.23 Å². The lowest BCUT2D eigenvalue weighted by Gasteiger charge is -2.21. The van der Waals surface area contributed by atoms with Crippen LogP contribution in [0.1, 0.15) is 116 Å². The zero-order chi connectivity index (χ0) is 18.5. The van der Waals surface area contributed by atoms with E-state index in [0.717, 1.165) is 6.61 Å². The maximum Gasteiger partial charge on any atom is 0.108 e. The Bertz CT molecular complexity index is 267. The van der Waals surface area contributed by atoms with Crippen LogP contribution in [-0.4, -0.2) is 28.9 Å².